The molecule has 0 saturated heterocycles. The SMILES string of the molecule is O=C(O)NC(CCc1c[nH]c2ccccc12)c1ccccc1. The van der Waals surface area contributed by atoms with Crippen LogP contribution < -0.4 is 5.32 Å². The van der Waals surface area contributed by atoms with E-state index in [1.165, 1.54) is 10.9 Å². The Morgan fingerprint density at radius 3 is 2.59 bits per heavy atom. The van der Waals surface area contributed by atoms with E-state index in [4.69, 9.17) is 5.11 Å². The van der Waals surface area contributed by atoms with Gasteiger partial charge in [0.2, 0.25) is 0 Å². The maximum absolute atomic E-state index is 11.0. The van der Waals surface area contributed by atoms with Gasteiger partial charge in [0.15, 0.2) is 0 Å². The first kappa shape index (κ1) is 14.2. The van der Waals surface area contributed by atoms with E-state index in [1.54, 1.807) is 0 Å². The molecule has 1 amide bonds. The zero-order valence-electron chi connectivity index (χ0n) is 12.1. The van der Waals surface area contributed by atoms with Crippen LogP contribution in [0.3, 0.4) is 0 Å². The molecule has 112 valence electrons. The van der Waals surface area contributed by atoms with Crippen molar-refractivity contribution in [1.82, 2.24) is 10.3 Å². The molecule has 4 heteroatoms. The standard InChI is InChI=1S/C18H18N2O2/c21-18(22)20-16(13-6-2-1-3-7-13)11-10-14-12-19-17-9-5-4-8-15(14)17/h1-9,12,16,19-20H,10-11H2,(H,21,22). The van der Waals surface area contributed by atoms with Gasteiger partial charge >= 0.3 is 6.09 Å². The second-order valence-corrected chi connectivity index (χ2v) is 5.31. The Morgan fingerprint density at radius 1 is 1.09 bits per heavy atom. The van der Waals surface area contributed by atoms with E-state index in [2.05, 4.69) is 16.4 Å². The summed E-state index contributed by atoms with van der Waals surface area (Å²) in [6, 6.07) is 17.6. The second-order valence-electron chi connectivity index (χ2n) is 5.31. The van der Waals surface area contributed by atoms with Gasteiger partial charge in [0.1, 0.15) is 0 Å². The van der Waals surface area contributed by atoms with Crippen LogP contribution in [0.15, 0.2) is 60.8 Å². The van der Waals surface area contributed by atoms with Crippen LogP contribution in [0.2, 0.25) is 0 Å². The highest BCUT2D eigenvalue weighted by Crippen LogP contribution is 2.23. The number of rotatable bonds is 5. The molecule has 0 spiro atoms. The molecule has 1 unspecified atom stereocenters. The van der Waals surface area contributed by atoms with Gasteiger partial charge in [-0.15, -0.1) is 0 Å². The highest BCUT2D eigenvalue weighted by Gasteiger charge is 2.14. The number of aromatic nitrogens is 1. The molecule has 1 atom stereocenters. The molecule has 0 saturated carbocycles. The first-order valence-electron chi connectivity index (χ1n) is 7.33. The molecule has 0 fully saturated rings. The van der Waals surface area contributed by atoms with Crippen molar-refractivity contribution in [2.45, 2.75) is 18.9 Å². The van der Waals surface area contributed by atoms with E-state index in [0.717, 1.165) is 23.9 Å². The number of H-pyrrole nitrogens is 1. The van der Waals surface area contributed by atoms with Crippen molar-refractivity contribution >= 4 is 17.0 Å². The fourth-order valence-corrected chi connectivity index (χ4v) is 2.79. The van der Waals surface area contributed by atoms with Crippen LogP contribution in [0.5, 0.6) is 0 Å². The van der Waals surface area contributed by atoms with Crippen LogP contribution in [-0.4, -0.2) is 16.2 Å². The largest absolute Gasteiger partial charge is 0.465 e. The minimum atomic E-state index is -0.993. The summed E-state index contributed by atoms with van der Waals surface area (Å²) in [6.07, 6.45) is 2.54. The van der Waals surface area contributed by atoms with Gasteiger partial charge in [-0.1, -0.05) is 48.5 Å². The molecule has 0 bridgehead atoms. The number of carbonyl (C=O) groups is 1. The molecule has 3 N–H and O–H groups in total. The van der Waals surface area contributed by atoms with Crippen molar-refractivity contribution in [1.29, 1.82) is 0 Å². The smallest absolute Gasteiger partial charge is 0.405 e. The lowest BCUT2D eigenvalue weighted by Crippen LogP contribution is -2.27. The number of carboxylic acid groups (broad SMARTS) is 1. The normalized spacial score (nSPS) is 12.2. The summed E-state index contributed by atoms with van der Waals surface area (Å²) in [5.74, 6) is 0. The third-order valence-corrected chi connectivity index (χ3v) is 3.88. The Kier molecular flexibility index (Phi) is 4.10. The first-order valence-corrected chi connectivity index (χ1v) is 7.33. The molecule has 0 aliphatic carbocycles. The van der Waals surface area contributed by atoms with Gasteiger partial charge in [-0.05, 0) is 30.0 Å². The zero-order valence-corrected chi connectivity index (χ0v) is 12.1. The third-order valence-electron chi connectivity index (χ3n) is 3.88. The third kappa shape index (κ3) is 3.11. The molecular weight excluding hydrogens is 276 g/mol. The summed E-state index contributed by atoms with van der Waals surface area (Å²) >= 11 is 0. The quantitative estimate of drug-likeness (QED) is 0.663. The highest BCUT2D eigenvalue weighted by molar-refractivity contribution is 5.83. The number of para-hydroxylation sites is 1. The number of amides is 1. The van der Waals surface area contributed by atoms with Gasteiger partial charge < -0.3 is 15.4 Å². The van der Waals surface area contributed by atoms with Gasteiger partial charge in [-0.3, -0.25) is 0 Å². The Bertz CT molecular complexity index is 765. The molecule has 2 aromatic carbocycles. The lowest BCUT2D eigenvalue weighted by Gasteiger charge is -2.17. The highest BCUT2D eigenvalue weighted by atomic mass is 16.4. The lowest BCUT2D eigenvalue weighted by atomic mass is 9.99. The fourth-order valence-electron chi connectivity index (χ4n) is 2.79. The number of hydrogen-bond acceptors (Lipinski definition) is 1. The number of benzene rings is 2. The Morgan fingerprint density at radius 2 is 1.82 bits per heavy atom. The molecule has 3 aromatic rings. The van der Waals surface area contributed by atoms with Crippen LogP contribution in [0.25, 0.3) is 10.9 Å². The predicted molar refractivity (Wildman–Crippen MR) is 87.0 cm³/mol. The Labute approximate surface area is 128 Å². The second kappa shape index (κ2) is 6.35. The average molecular weight is 294 g/mol. The van der Waals surface area contributed by atoms with Gasteiger partial charge in [0.25, 0.3) is 0 Å². The summed E-state index contributed by atoms with van der Waals surface area (Å²) in [7, 11) is 0. The van der Waals surface area contributed by atoms with Crippen molar-refractivity contribution < 1.29 is 9.90 Å². The maximum Gasteiger partial charge on any atom is 0.405 e. The van der Waals surface area contributed by atoms with E-state index < -0.39 is 6.09 Å². The van der Waals surface area contributed by atoms with Crippen molar-refractivity contribution in [3.63, 3.8) is 0 Å². The van der Waals surface area contributed by atoms with Crippen molar-refractivity contribution in [3.8, 4) is 0 Å². The minimum Gasteiger partial charge on any atom is -0.465 e. The molecule has 1 aromatic heterocycles. The van der Waals surface area contributed by atoms with Crippen LogP contribution in [0.4, 0.5) is 4.79 Å². The number of hydrogen-bond donors (Lipinski definition) is 3. The van der Waals surface area contributed by atoms with E-state index in [0.29, 0.717) is 0 Å². The molecular formula is C18H18N2O2. The van der Waals surface area contributed by atoms with E-state index >= 15 is 0 Å². The number of fused-ring (bicyclic) bond motifs is 1. The predicted octanol–water partition coefficient (Wildman–Crippen LogP) is 4.11. The zero-order chi connectivity index (χ0) is 15.4. The average Bonchev–Trinajstić information content (AvgIpc) is 2.95. The molecule has 0 radical (unpaired) electrons. The Hall–Kier alpha value is -2.75. The molecule has 22 heavy (non-hydrogen) atoms. The van der Waals surface area contributed by atoms with Gasteiger partial charge in [0.05, 0.1) is 6.04 Å². The number of aromatic amines is 1. The van der Waals surface area contributed by atoms with Gasteiger partial charge in [0, 0.05) is 17.1 Å². The van der Waals surface area contributed by atoms with E-state index in [9.17, 15) is 4.79 Å². The molecule has 4 nitrogen and oxygen atoms in total. The lowest BCUT2D eigenvalue weighted by molar-refractivity contribution is 0.189. The van der Waals surface area contributed by atoms with Crippen molar-refractivity contribution in [2.24, 2.45) is 0 Å². The summed E-state index contributed by atoms with van der Waals surface area (Å²) < 4.78 is 0. The summed E-state index contributed by atoms with van der Waals surface area (Å²) in [5.41, 5.74) is 3.31. The summed E-state index contributed by atoms with van der Waals surface area (Å²) in [6.45, 7) is 0. The molecule has 0 aliphatic heterocycles. The van der Waals surface area contributed by atoms with Crippen LogP contribution in [-0.2, 0) is 6.42 Å². The van der Waals surface area contributed by atoms with Crippen LogP contribution in [0, 0.1) is 0 Å². The van der Waals surface area contributed by atoms with Gasteiger partial charge in [-0.25, -0.2) is 4.79 Å². The van der Waals surface area contributed by atoms with E-state index in [-0.39, 0.29) is 6.04 Å². The fraction of sp³-hybridized carbons (Fsp3) is 0.167. The number of aryl methyl sites for hydroxylation is 1. The Balaban J connectivity index is 1.78. The molecule has 1 heterocycles. The minimum absolute atomic E-state index is 0.202. The summed E-state index contributed by atoms with van der Waals surface area (Å²) in [5, 5.41) is 12.9. The van der Waals surface area contributed by atoms with E-state index in [1.807, 2.05) is 54.7 Å². The molecule has 0 aliphatic rings. The first-order chi connectivity index (χ1) is 10.7. The molecule has 3 rings (SSSR count). The summed E-state index contributed by atoms with van der Waals surface area (Å²) in [4.78, 5) is 14.3. The maximum atomic E-state index is 11.0. The number of nitrogens with one attached hydrogen (secondary N) is 2. The van der Waals surface area contributed by atoms with Crippen molar-refractivity contribution in [2.75, 3.05) is 0 Å². The topological polar surface area (TPSA) is 65.1 Å². The van der Waals surface area contributed by atoms with Crippen LogP contribution >= 0.6 is 0 Å². The van der Waals surface area contributed by atoms with Crippen molar-refractivity contribution in [3.05, 3.63) is 71.9 Å². The van der Waals surface area contributed by atoms with Gasteiger partial charge in [-0.2, -0.15) is 0 Å². The monoisotopic (exact) mass is 294 g/mol. The van der Waals surface area contributed by atoms with Crippen LogP contribution in [0.1, 0.15) is 23.6 Å².